The third-order valence-corrected chi connectivity index (χ3v) is 2.90. The van der Waals surface area contributed by atoms with Gasteiger partial charge in [0.05, 0.1) is 19.3 Å². The van der Waals surface area contributed by atoms with Crippen molar-refractivity contribution in [2.24, 2.45) is 0 Å². The second kappa shape index (κ2) is 5.84. The molecule has 7 nitrogen and oxygen atoms in total. The molecule has 2 rings (SSSR count). The fourth-order valence-electron chi connectivity index (χ4n) is 1.92. The lowest BCUT2D eigenvalue weighted by molar-refractivity contribution is -0.0458. The quantitative estimate of drug-likeness (QED) is 0.600. The zero-order chi connectivity index (χ0) is 13.8. The van der Waals surface area contributed by atoms with Gasteiger partial charge < -0.3 is 20.3 Å². The van der Waals surface area contributed by atoms with Crippen LogP contribution in [0, 0.1) is 12.3 Å². The van der Waals surface area contributed by atoms with Gasteiger partial charge in [0.25, 0.3) is 0 Å². The minimum atomic E-state index is -0.791. The van der Waals surface area contributed by atoms with Crippen molar-refractivity contribution in [1.29, 1.82) is 0 Å². The molecular weight excluding hydrogens is 250 g/mol. The van der Waals surface area contributed by atoms with Crippen LogP contribution in [0.3, 0.4) is 0 Å². The molecule has 0 spiro atoms. The Kier molecular flexibility index (Phi) is 4.16. The summed E-state index contributed by atoms with van der Waals surface area (Å²) in [7, 11) is 0. The van der Waals surface area contributed by atoms with Crippen molar-refractivity contribution < 1.29 is 14.9 Å². The van der Waals surface area contributed by atoms with Gasteiger partial charge in [0, 0.05) is 12.6 Å². The van der Waals surface area contributed by atoms with E-state index in [-0.39, 0.29) is 19.6 Å². The molecule has 1 aromatic rings. The van der Waals surface area contributed by atoms with Crippen LogP contribution >= 0.6 is 0 Å². The van der Waals surface area contributed by atoms with E-state index >= 15 is 0 Å². The van der Waals surface area contributed by atoms with Crippen molar-refractivity contribution >= 4 is 5.82 Å². The lowest BCUT2D eigenvalue weighted by Gasteiger charge is -2.14. The molecule has 1 fully saturated rings. The first-order chi connectivity index (χ1) is 9.15. The van der Waals surface area contributed by atoms with E-state index in [1.807, 2.05) is 0 Å². The summed E-state index contributed by atoms with van der Waals surface area (Å²) in [5.74, 6) is 2.76. The number of aliphatic hydroxyl groups is 2. The highest BCUT2D eigenvalue weighted by Crippen LogP contribution is 2.27. The summed E-state index contributed by atoms with van der Waals surface area (Å²) in [6.45, 7) is -0.0106. The molecule has 3 N–H and O–H groups in total. The summed E-state index contributed by atoms with van der Waals surface area (Å²) < 4.78 is 6.66. The van der Waals surface area contributed by atoms with Crippen LogP contribution in [-0.4, -0.2) is 45.1 Å². The first-order valence-electron chi connectivity index (χ1n) is 5.86. The number of aliphatic hydroxyl groups excluding tert-OH is 2. The molecule has 0 bridgehead atoms. The van der Waals surface area contributed by atoms with E-state index in [4.69, 9.17) is 16.3 Å². The Morgan fingerprint density at radius 1 is 1.68 bits per heavy atom. The maximum atomic E-state index is 11.8. The Morgan fingerprint density at radius 3 is 3.05 bits per heavy atom. The second-order valence-corrected chi connectivity index (χ2v) is 4.18. The zero-order valence-electron chi connectivity index (χ0n) is 10.2. The van der Waals surface area contributed by atoms with E-state index in [1.54, 1.807) is 6.07 Å². The standard InChI is InChI=1S/C12H15N3O4/c1-2-4-13-10-3-5-15(12(18)14-10)11-6-8(17)9(7-16)19-11/h1,3,5,8-9,11,16-17H,4,6-7H2,(H,13,14,18)/t8?,9-,11-/m1/s1. The van der Waals surface area contributed by atoms with Crippen molar-refractivity contribution in [3.05, 3.63) is 22.7 Å². The van der Waals surface area contributed by atoms with Gasteiger partial charge in [-0.05, 0) is 6.07 Å². The fraction of sp³-hybridized carbons (Fsp3) is 0.500. The molecule has 0 aromatic carbocycles. The molecule has 1 aliphatic rings. The lowest BCUT2D eigenvalue weighted by Crippen LogP contribution is -2.28. The summed E-state index contributed by atoms with van der Waals surface area (Å²) in [6.07, 6.45) is 4.78. The SMILES string of the molecule is C#CCNc1ccn([C@H]2CC(O)[C@@H](CO)O2)c(=O)n1. The van der Waals surface area contributed by atoms with E-state index < -0.39 is 24.1 Å². The molecule has 2 heterocycles. The second-order valence-electron chi connectivity index (χ2n) is 4.18. The number of anilines is 1. The minimum absolute atomic E-state index is 0.240. The van der Waals surface area contributed by atoms with E-state index in [1.165, 1.54) is 10.8 Å². The van der Waals surface area contributed by atoms with Crippen LogP contribution in [0.25, 0.3) is 0 Å². The molecule has 1 aliphatic heterocycles. The summed E-state index contributed by atoms with van der Waals surface area (Å²) in [6, 6.07) is 1.60. The van der Waals surface area contributed by atoms with Gasteiger partial charge in [0.1, 0.15) is 18.1 Å². The minimum Gasteiger partial charge on any atom is -0.394 e. The largest absolute Gasteiger partial charge is 0.394 e. The Labute approximate surface area is 109 Å². The van der Waals surface area contributed by atoms with Crippen molar-refractivity contribution in [3.8, 4) is 12.3 Å². The molecule has 1 aromatic heterocycles. The van der Waals surface area contributed by atoms with Crippen LogP contribution < -0.4 is 11.0 Å². The Morgan fingerprint density at radius 2 is 2.47 bits per heavy atom. The summed E-state index contributed by atoms with van der Waals surface area (Å²) in [5, 5.41) is 21.4. The van der Waals surface area contributed by atoms with Gasteiger partial charge in [0.2, 0.25) is 0 Å². The molecular formula is C12H15N3O4. The highest BCUT2D eigenvalue weighted by molar-refractivity contribution is 5.33. The lowest BCUT2D eigenvalue weighted by atomic mass is 10.2. The highest BCUT2D eigenvalue weighted by atomic mass is 16.5. The summed E-state index contributed by atoms with van der Waals surface area (Å²) in [4.78, 5) is 15.6. The van der Waals surface area contributed by atoms with E-state index in [0.29, 0.717) is 5.82 Å². The molecule has 0 radical (unpaired) electrons. The number of nitrogens with one attached hydrogen (secondary N) is 1. The van der Waals surface area contributed by atoms with E-state index in [2.05, 4.69) is 16.2 Å². The van der Waals surface area contributed by atoms with E-state index in [0.717, 1.165) is 0 Å². The van der Waals surface area contributed by atoms with Crippen molar-refractivity contribution in [2.45, 2.75) is 24.9 Å². The van der Waals surface area contributed by atoms with Crippen LogP contribution in [0.2, 0.25) is 0 Å². The number of rotatable bonds is 4. The normalized spacial score (nSPS) is 26.1. The van der Waals surface area contributed by atoms with Crippen LogP contribution in [-0.2, 0) is 4.74 Å². The topological polar surface area (TPSA) is 96.6 Å². The van der Waals surface area contributed by atoms with Crippen LogP contribution in [0.1, 0.15) is 12.6 Å². The van der Waals surface area contributed by atoms with Gasteiger partial charge >= 0.3 is 5.69 Å². The van der Waals surface area contributed by atoms with Gasteiger partial charge in [0.15, 0.2) is 0 Å². The molecule has 3 atom stereocenters. The molecule has 1 unspecified atom stereocenters. The van der Waals surface area contributed by atoms with Crippen molar-refractivity contribution in [2.75, 3.05) is 18.5 Å². The third-order valence-electron chi connectivity index (χ3n) is 2.90. The summed E-state index contributed by atoms with van der Waals surface area (Å²) >= 11 is 0. The Hall–Kier alpha value is -1.88. The summed E-state index contributed by atoms with van der Waals surface area (Å²) in [5.41, 5.74) is -0.502. The maximum Gasteiger partial charge on any atom is 0.351 e. The molecule has 1 saturated heterocycles. The number of nitrogens with zero attached hydrogens (tertiary/aromatic N) is 2. The number of aromatic nitrogens is 2. The van der Waals surface area contributed by atoms with Crippen molar-refractivity contribution in [3.63, 3.8) is 0 Å². The van der Waals surface area contributed by atoms with Crippen LogP contribution in [0.5, 0.6) is 0 Å². The average Bonchev–Trinajstić information content (AvgIpc) is 2.77. The van der Waals surface area contributed by atoms with E-state index in [9.17, 15) is 9.90 Å². The van der Waals surface area contributed by atoms with Gasteiger partial charge in [-0.3, -0.25) is 4.57 Å². The van der Waals surface area contributed by atoms with Gasteiger partial charge in [-0.15, -0.1) is 6.42 Å². The molecule has 19 heavy (non-hydrogen) atoms. The van der Waals surface area contributed by atoms with Crippen LogP contribution in [0.4, 0.5) is 5.82 Å². The average molecular weight is 265 g/mol. The number of hydrogen-bond donors (Lipinski definition) is 3. The monoisotopic (exact) mass is 265 g/mol. The van der Waals surface area contributed by atoms with Gasteiger partial charge in [-0.1, -0.05) is 5.92 Å². The Bertz CT molecular complexity index is 537. The molecule has 7 heteroatoms. The molecule has 0 amide bonds. The molecule has 102 valence electrons. The van der Waals surface area contributed by atoms with Gasteiger partial charge in [-0.2, -0.15) is 4.98 Å². The number of terminal acetylenes is 1. The fourth-order valence-corrected chi connectivity index (χ4v) is 1.92. The number of ether oxygens (including phenoxy) is 1. The van der Waals surface area contributed by atoms with Gasteiger partial charge in [-0.25, -0.2) is 4.79 Å². The third kappa shape index (κ3) is 2.93. The molecule has 0 aliphatic carbocycles. The number of hydrogen-bond acceptors (Lipinski definition) is 6. The first-order valence-corrected chi connectivity index (χ1v) is 5.86. The smallest absolute Gasteiger partial charge is 0.351 e. The molecule has 0 saturated carbocycles. The maximum absolute atomic E-state index is 11.8. The predicted octanol–water partition coefficient (Wildman–Crippen LogP) is -1.07. The predicted molar refractivity (Wildman–Crippen MR) is 67.4 cm³/mol. The van der Waals surface area contributed by atoms with Crippen molar-refractivity contribution in [1.82, 2.24) is 9.55 Å². The first kappa shape index (κ1) is 13.5. The zero-order valence-corrected chi connectivity index (χ0v) is 10.2. The highest BCUT2D eigenvalue weighted by Gasteiger charge is 2.34. The Balaban J connectivity index is 2.14. The van der Waals surface area contributed by atoms with Crippen LogP contribution in [0.15, 0.2) is 17.1 Å².